The number of carbonyl (C=O) groups excluding carboxylic acids is 1. The van der Waals surface area contributed by atoms with Gasteiger partial charge in [-0.3, -0.25) is 9.63 Å². The van der Waals surface area contributed by atoms with E-state index in [1.165, 1.54) is 12.2 Å². The second kappa shape index (κ2) is 5.56. The Bertz CT molecular complexity index is 75.5. The highest BCUT2D eigenvalue weighted by molar-refractivity contribution is 5.44. The summed E-state index contributed by atoms with van der Waals surface area (Å²) < 4.78 is 0. The maximum absolute atomic E-state index is 10.0. The van der Waals surface area contributed by atoms with Crippen LogP contribution in [0.3, 0.4) is 0 Å². The summed E-state index contributed by atoms with van der Waals surface area (Å²) in [6, 6.07) is 0. The van der Waals surface area contributed by atoms with Crippen LogP contribution in [0.1, 0.15) is 19.8 Å². The second-order valence-electron chi connectivity index (χ2n) is 1.78. The van der Waals surface area contributed by atoms with Gasteiger partial charge >= 0.3 is 0 Å². The number of nitrogens with zero attached hydrogens (tertiary/aromatic N) is 1. The van der Waals surface area contributed by atoms with E-state index >= 15 is 0 Å². The molecule has 0 aromatic rings. The first-order valence-corrected chi connectivity index (χ1v) is 3.11. The summed E-state index contributed by atoms with van der Waals surface area (Å²) in [6.07, 6.45) is 2.76. The fraction of sp³-hybridized carbons (Fsp3) is 0.833. The summed E-state index contributed by atoms with van der Waals surface area (Å²) in [7, 11) is 1.49. The van der Waals surface area contributed by atoms with E-state index < -0.39 is 0 Å². The van der Waals surface area contributed by atoms with Crippen LogP contribution in [0.25, 0.3) is 0 Å². The quantitative estimate of drug-likeness (QED) is 0.408. The molecule has 9 heavy (non-hydrogen) atoms. The molecule has 0 saturated carbocycles. The van der Waals surface area contributed by atoms with Gasteiger partial charge in [-0.15, -0.1) is 0 Å². The smallest absolute Gasteiger partial charge is 0.233 e. The Morgan fingerprint density at radius 1 is 1.67 bits per heavy atom. The van der Waals surface area contributed by atoms with Gasteiger partial charge in [0, 0.05) is 6.54 Å². The Hall–Kier alpha value is -0.570. The summed E-state index contributed by atoms with van der Waals surface area (Å²) in [5.41, 5.74) is 0. The number of carbonyl (C=O) groups is 1. The topological polar surface area (TPSA) is 29.5 Å². The summed E-state index contributed by atoms with van der Waals surface area (Å²) in [6.45, 7) is 2.76. The van der Waals surface area contributed by atoms with Gasteiger partial charge in [-0.1, -0.05) is 13.3 Å². The Balaban J connectivity index is 3.20. The van der Waals surface area contributed by atoms with E-state index in [1.54, 1.807) is 0 Å². The van der Waals surface area contributed by atoms with Crippen LogP contribution >= 0.6 is 0 Å². The van der Waals surface area contributed by atoms with Gasteiger partial charge in [0.05, 0.1) is 7.11 Å². The average Bonchev–Trinajstić information content (AvgIpc) is 1.91. The molecule has 0 fully saturated rings. The Morgan fingerprint density at radius 3 is 2.67 bits per heavy atom. The molecule has 0 aromatic heterocycles. The van der Waals surface area contributed by atoms with Crippen LogP contribution in [0.2, 0.25) is 0 Å². The van der Waals surface area contributed by atoms with E-state index in [0.717, 1.165) is 12.8 Å². The van der Waals surface area contributed by atoms with Crippen LogP contribution < -0.4 is 0 Å². The fourth-order valence-corrected chi connectivity index (χ4v) is 0.501. The van der Waals surface area contributed by atoms with Crippen LogP contribution in [0.15, 0.2) is 0 Å². The fourth-order valence-electron chi connectivity index (χ4n) is 0.501. The Morgan fingerprint density at radius 2 is 2.33 bits per heavy atom. The summed E-state index contributed by atoms with van der Waals surface area (Å²) in [4.78, 5) is 14.7. The molecule has 54 valence electrons. The van der Waals surface area contributed by atoms with Crippen molar-refractivity contribution in [2.45, 2.75) is 19.8 Å². The van der Waals surface area contributed by atoms with Crippen molar-refractivity contribution in [1.82, 2.24) is 5.06 Å². The lowest BCUT2D eigenvalue weighted by molar-refractivity contribution is -0.160. The zero-order chi connectivity index (χ0) is 7.11. The van der Waals surface area contributed by atoms with E-state index in [4.69, 9.17) is 0 Å². The van der Waals surface area contributed by atoms with E-state index in [-0.39, 0.29) is 0 Å². The molecule has 0 rings (SSSR count). The minimum Gasteiger partial charge on any atom is -0.276 e. The minimum absolute atomic E-state index is 0.690. The molecule has 0 radical (unpaired) electrons. The molecule has 0 atom stereocenters. The van der Waals surface area contributed by atoms with Crippen LogP contribution in [-0.4, -0.2) is 25.1 Å². The molecular formula is C6H13NO2. The van der Waals surface area contributed by atoms with Crippen LogP contribution in [0.5, 0.6) is 0 Å². The maximum Gasteiger partial charge on any atom is 0.233 e. The first kappa shape index (κ1) is 8.43. The van der Waals surface area contributed by atoms with Gasteiger partial charge in [0.1, 0.15) is 0 Å². The molecule has 3 heteroatoms. The van der Waals surface area contributed by atoms with Gasteiger partial charge in [-0.2, -0.15) is 0 Å². The highest BCUT2D eigenvalue weighted by Crippen LogP contribution is 1.90. The summed E-state index contributed by atoms with van der Waals surface area (Å²) >= 11 is 0. The molecule has 0 spiro atoms. The number of hydroxylamine groups is 2. The first-order valence-electron chi connectivity index (χ1n) is 3.11. The zero-order valence-corrected chi connectivity index (χ0v) is 5.96. The van der Waals surface area contributed by atoms with Crippen molar-refractivity contribution in [2.24, 2.45) is 0 Å². The van der Waals surface area contributed by atoms with E-state index in [0.29, 0.717) is 13.0 Å². The maximum atomic E-state index is 10.0. The molecule has 3 nitrogen and oxygen atoms in total. The van der Waals surface area contributed by atoms with Crippen molar-refractivity contribution >= 4 is 6.41 Å². The lowest BCUT2D eigenvalue weighted by Crippen LogP contribution is -2.21. The molecule has 0 heterocycles. The van der Waals surface area contributed by atoms with Crippen molar-refractivity contribution in [3.8, 4) is 0 Å². The largest absolute Gasteiger partial charge is 0.276 e. The van der Waals surface area contributed by atoms with Gasteiger partial charge in [0.2, 0.25) is 6.41 Å². The molecule has 0 unspecified atom stereocenters. The van der Waals surface area contributed by atoms with Crippen molar-refractivity contribution in [1.29, 1.82) is 0 Å². The third kappa shape index (κ3) is 3.97. The Kier molecular flexibility index (Phi) is 5.21. The van der Waals surface area contributed by atoms with E-state index in [2.05, 4.69) is 11.8 Å². The molecule has 0 bridgehead atoms. The highest BCUT2D eigenvalue weighted by atomic mass is 16.7. The molecule has 0 saturated heterocycles. The van der Waals surface area contributed by atoms with Crippen LogP contribution in [0.4, 0.5) is 0 Å². The molecule has 1 amide bonds. The number of amides is 1. The van der Waals surface area contributed by atoms with Crippen LogP contribution in [0, 0.1) is 0 Å². The predicted molar refractivity (Wildman–Crippen MR) is 34.7 cm³/mol. The molecular weight excluding hydrogens is 118 g/mol. The molecule has 0 aliphatic heterocycles. The number of unbranched alkanes of at least 4 members (excludes halogenated alkanes) is 1. The SMILES string of the molecule is CCCCN(C=O)OC. The Labute approximate surface area is 55.6 Å². The first-order chi connectivity index (χ1) is 4.35. The van der Waals surface area contributed by atoms with Gasteiger partial charge in [0.25, 0.3) is 0 Å². The zero-order valence-electron chi connectivity index (χ0n) is 5.96. The summed E-state index contributed by atoms with van der Waals surface area (Å²) in [5, 5.41) is 1.28. The third-order valence-electron chi connectivity index (χ3n) is 1.08. The van der Waals surface area contributed by atoms with Gasteiger partial charge in [-0.25, -0.2) is 5.06 Å². The number of rotatable bonds is 5. The standard InChI is InChI=1S/C6H13NO2/c1-3-4-5-7(6-8)9-2/h6H,3-5H2,1-2H3. The number of hydrogen-bond acceptors (Lipinski definition) is 2. The van der Waals surface area contributed by atoms with Gasteiger partial charge in [-0.05, 0) is 6.42 Å². The van der Waals surface area contributed by atoms with E-state index in [1.807, 2.05) is 0 Å². The second-order valence-corrected chi connectivity index (χ2v) is 1.78. The lowest BCUT2D eigenvalue weighted by Gasteiger charge is -2.11. The van der Waals surface area contributed by atoms with Crippen molar-refractivity contribution in [2.75, 3.05) is 13.7 Å². The van der Waals surface area contributed by atoms with Crippen molar-refractivity contribution in [3.63, 3.8) is 0 Å². The van der Waals surface area contributed by atoms with E-state index in [9.17, 15) is 4.79 Å². The monoisotopic (exact) mass is 131 g/mol. The molecule has 0 aromatic carbocycles. The third-order valence-corrected chi connectivity index (χ3v) is 1.08. The molecule has 0 aliphatic carbocycles. The molecule has 0 aliphatic rings. The van der Waals surface area contributed by atoms with Crippen molar-refractivity contribution < 1.29 is 9.63 Å². The highest BCUT2D eigenvalue weighted by Gasteiger charge is 1.94. The number of hydrogen-bond donors (Lipinski definition) is 0. The van der Waals surface area contributed by atoms with Gasteiger partial charge in [0.15, 0.2) is 0 Å². The average molecular weight is 131 g/mol. The molecule has 0 N–H and O–H groups in total. The predicted octanol–water partition coefficient (Wildman–Crippen LogP) is 0.806. The van der Waals surface area contributed by atoms with Crippen LogP contribution in [-0.2, 0) is 9.63 Å². The lowest BCUT2D eigenvalue weighted by atomic mass is 10.3. The normalized spacial score (nSPS) is 9.11. The van der Waals surface area contributed by atoms with Crippen molar-refractivity contribution in [3.05, 3.63) is 0 Å². The van der Waals surface area contributed by atoms with Gasteiger partial charge < -0.3 is 0 Å². The minimum atomic E-state index is 0.690. The summed E-state index contributed by atoms with van der Waals surface area (Å²) in [5.74, 6) is 0.